The van der Waals surface area contributed by atoms with Crippen LogP contribution < -0.4 is 5.32 Å². The molecule has 0 radical (unpaired) electrons. The van der Waals surface area contributed by atoms with Crippen molar-refractivity contribution in [2.75, 3.05) is 11.1 Å². The molecular weight excluding hydrogens is 376 g/mol. The fourth-order valence-electron chi connectivity index (χ4n) is 2.03. The van der Waals surface area contributed by atoms with Crippen LogP contribution in [0.4, 0.5) is 10.1 Å². The largest absolute Gasteiger partial charge is 0.326 e. The van der Waals surface area contributed by atoms with Crippen molar-refractivity contribution in [3.8, 4) is 0 Å². The maximum absolute atomic E-state index is 12.8. The number of rotatable bonds is 6. The van der Waals surface area contributed by atoms with Gasteiger partial charge in [-0.05, 0) is 48.9 Å². The van der Waals surface area contributed by atoms with Crippen molar-refractivity contribution in [2.45, 2.75) is 17.7 Å². The van der Waals surface area contributed by atoms with E-state index in [0.717, 1.165) is 12.1 Å². The van der Waals surface area contributed by atoms with Gasteiger partial charge in [0.25, 0.3) is 0 Å². The summed E-state index contributed by atoms with van der Waals surface area (Å²) in [5.41, 5.74) is 0.443. The topological polar surface area (TPSA) is 63.2 Å². The standard InChI is InChI=1S/C16H14Cl2FNO3S/c17-11-8-12(18)10-14(9-11)20-16(21)2-1-7-24(22,23)15-5-3-13(19)4-6-15/h3-6,8-10H,1-2,7H2,(H,20,21). The number of carbonyl (C=O) groups excluding carboxylic acids is 1. The smallest absolute Gasteiger partial charge is 0.224 e. The second-order valence-corrected chi connectivity index (χ2v) is 8.06. The van der Waals surface area contributed by atoms with Gasteiger partial charge in [-0.2, -0.15) is 0 Å². The van der Waals surface area contributed by atoms with E-state index in [0.29, 0.717) is 15.7 Å². The van der Waals surface area contributed by atoms with E-state index in [1.54, 1.807) is 12.1 Å². The molecule has 8 heteroatoms. The SMILES string of the molecule is O=C(CCCS(=O)(=O)c1ccc(F)cc1)Nc1cc(Cl)cc(Cl)c1. The lowest BCUT2D eigenvalue weighted by molar-refractivity contribution is -0.116. The zero-order valence-electron chi connectivity index (χ0n) is 12.4. The summed E-state index contributed by atoms with van der Waals surface area (Å²) in [6.07, 6.45) is 0.157. The van der Waals surface area contributed by atoms with Crippen LogP contribution in [-0.4, -0.2) is 20.1 Å². The molecule has 128 valence electrons. The minimum atomic E-state index is -3.55. The Morgan fingerprint density at radius 1 is 1.04 bits per heavy atom. The third kappa shape index (κ3) is 5.47. The highest BCUT2D eigenvalue weighted by Gasteiger charge is 2.15. The summed E-state index contributed by atoms with van der Waals surface area (Å²) >= 11 is 11.7. The molecular formula is C16H14Cl2FNO3S. The Kier molecular flexibility index (Phi) is 6.21. The van der Waals surface area contributed by atoms with Crippen LogP contribution in [0.1, 0.15) is 12.8 Å². The summed E-state index contributed by atoms with van der Waals surface area (Å²) in [5.74, 6) is -1.06. The van der Waals surface area contributed by atoms with Gasteiger partial charge in [-0.3, -0.25) is 4.79 Å². The van der Waals surface area contributed by atoms with E-state index < -0.39 is 15.7 Å². The van der Waals surface area contributed by atoms with Gasteiger partial charge in [0.15, 0.2) is 9.84 Å². The predicted octanol–water partition coefficient (Wildman–Crippen LogP) is 4.33. The van der Waals surface area contributed by atoms with Crippen LogP contribution in [0, 0.1) is 5.82 Å². The molecule has 2 aromatic carbocycles. The zero-order chi connectivity index (χ0) is 17.7. The van der Waals surface area contributed by atoms with Gasteiger partial charge < -0.3 is 5.32 Å². The van der Waals surface area contributed by atoms with E-state index in [2.05, 4.69) is 5.32 Å². The van der Waals surface area contributed by atoms with E-state index in [4.69, 9.17) is 23.2 Å². The zero-order valence-corrected chi connectivity index (χ0v) is 14.8. The van der Waals surface area contributed by atoms with E-state index in [1.165, 1.54) is 18.2 Å². The predicted molar refractivity (Wildman–Crippen MR) is 92.8 cm³/mol. The van der Waals surface area contributed by atoms with Gasteiger partial charge in [-0.25, -0.2) is 12.8 Å². The molecule has 0 bridgehead atoms. The third-order valence-corrected chi connectivity index (χ3v) is 5.39. The molecule has 0 aliphatic heterocycles. The molecule has 4 nitrogen and oxygen atoms in total. The van der Waals surface area contributed by atoms with Gasteiger partial charge in [0.1, 0.15) is 5.82 Å². The Hall–Kier alpha value is -1.63. The molecule has 0 spiro atoms. The molecule has 0 heterocycles. The van der Waals surface area contributed by atoms with Crippen LogP contribution in [0.25, 0.3) is 0 Å². The van der Waals surface area contributed by atoms with Crippen LogP contribution in [0.2, 0.25) is 10.0 Å². The van der Waals surface area contributed by atoms with E-state index in [9.17, 15) is 17.6 Å². The van der Waals surface area contributed by atoms with Gasteiger partial charge in [0.2, 0.25) is 5.91 Å². The van der Waals surface area contributed by atoms with Crippen molar-refractivity contribution in [3.05, 3.63) is 58.3 Å². The molecule has 0 aliphatic carbocycles. The highest BCUT2D eigenvalue weighted by molar-refractivity contribution is 7.91. The summed E-state index contributed by atoms with van der Waals surface area (Å²) in [7, 11) is -3.55. The summed E-state index contributed by atoms with van der Waals surface area (Å²) < 4.78 is 37.0. The lowest BCUT2D eigenvalue weighted by atomic mass is 10.3. The summed E-state index contributed by atoms with van der Waals surface area (Å²) in [5, 5.41) is 3.38. The van der Waals surface area contributed by atoms with Gasteiger partial charge >= 0.3 is 0 Å². The van der Waals surface area contributed by atoms with Crippen LogP contribution in [0.15, 0.2) is 47.4 Å². The van der Waals surface area contributed by atoms with Crippen LogP contribution >= 0.6 is 23.2 Å². The fourth-order valence-corrected chi connectivity index (χ4v) is 3.87. The first-order valence-corrected chi connectivity index (χ1v) is 9.41. The van der Waals surface area contributed by atoms with Gasteiger partial charge in [-0.15, -0.1) is 0 Å². The van der Waals surface area contributed by atoms with Crippen molar-refractivity contribution in [2.24, 2.45) is 0 Å². The first-order valence-electron chi connectivity index (χ1n) is 7.00. The molecule has 0 atom stereocenters. The monoisotopic (exact) mass is 389 g/mol. The molecule has 0 aromatic heterocycles. The number of benzene rings is 2. The number of halogens is 3. The minimum absolute atomic E-state index is 0.0184. The van der Waals surface area contributed by atoms with E-state index in [-0.39, 0.29) is 29.4 Å². The average Bonchev–Trinajstić information content (AvgIpc) is 2.46. The van der Waals surface area contributed by atoms with Gasteiger partial charge in [0, 0.05) is 22.2 Å². The second kappa shape index (κ2) is 7.96. The molecule has 2 aromatic rings. The first-order chi connectivity index (χ1) is 11.3. The summed E-state index contributed by atoms with van der Waals surface area (Å²) in [6.45, 7) is 0. The normalized spacial score (nSPS) is 11.3. The van der Waals surface area contributed by atoms with E-state index in [1.807, 2.05) is 0 Å². The maximum atomic E-state index is 12.8. The number of nitrogens with one attached hydrogen (secondary N) is 1. The summed E-state index contributed by atoms with van der Waals surface area (Å²) in [4.78, 5) is 11.9. The first kappa shape index (κ1) is 18.7. The summed E-state index contributed by atoms with van der Waals surface area (Å²) in [6, 6.07) is 9.21. The fraction of sp³-hybridized carbons (Fsp3) is 0.188. The molecule has 1 N–H and O–H groups in total. The maximum Gasteiger partial charge on any atom is 0.224 e. The quantitative estimate of drug-likeness (QED) is 0.747. The van der Waals surface area contributed by atoms with Crippen LogP contribution in [-0.2, 0) is 14.6 Å². The van der Waals surface area contributed by atoms with Crippen molar-refractivity contribution >= 4 is 44.6 Å². The van der Waals surface area contributed by atoms with Gasteiger partial charge in [0.05, 0.1) is 10.6 Å². The molecule has 24 heavy (non-hydrogen) atoms. The third-order valence-electron chi connectivity index (χ3n) is 3.14. The minimum Gasteiger partial charge on any atom is -0.326 e. The number of anilines is 1. The van der Waals surface area contributed by atoms with Gasteiger partial charge in [-0.1, -0.05) is 23.2 Å². The Balaban J connectivity index is 1.89. The number of amides is 1. The molecule has 0 fully saturated rings. The second-order valence-electron chi connectivity index (χ2n) is 5.08. The molecule has 1 amide bonds. The lowest BCUT2D eigenvalue weighted by Gasteiger charge is -2.07. The average molecular weight is 390 g/mol. The molecule has 0 aliphatic rings. The van der Waals surface area contributed by atoms with Crippen LogP contribution in [0.5, 0.6) is 0 Å². The molecule has 0 saturated carbocycles. The Bertz CT molecular complexity index is 819. The lowest BCUT2D eigenvalue weighted by Crippen LogP contribution is -2.14. The molecule has 0 unspecified atom stereocenters. The number of hydrogen-bond donors (Lipinski definition) is 1. The molecule has 0 saturated heterocycles. The highest BCUT2D eigenvalue weighted by atomic mass is 35.5. The number of carbonyl (C=O) groups is 1. The Morgan fingerprint density at radius 3 is 2.21 bits per heavy atom. The Morgan fingerprint density at radius 2 is 1.62 bits per heavy atom. The van der Waals surface area contributed by atoms with Crippen molar-refractivity contribution in [3.63, 3.8) is 0 Å². The van der Waals surface area contributed by atoms with Crippen LogP contribution in [0.3, 0.4) is 0 Å². The number of hydrogen-bond acceptors (Lipinski definition) is 3. The van der Waals surface area contributed by atoms with Crippen molar-refractivity contribution in [1.29, 1.82) is 0 Å². The highest BCUT2D eigenvalue weighted by Crippen LogP contribution is 2.22. The van der Waals surface area contributed by atoms with E-state index >= 15 is 0 Å². The Labute approximate surface area is 149 Å². The number of sulfone groups is 1. The van der Waals surface area contributed by atoms with Crippen molar-refractivity contribution < 1.29 is 17.6 Å². The molecule has 2 rings (SSSR count). The van der Waals surface area contributed by atoms with Crippen molar-refractivity contribution in [1.82, 2.24) is 0 Å².